The van der Waals surface area contributed by atoms with Crippen LogP contribution >= 0.6 is 27.7 Å². The summed E-state index contributed by atoms with van der Waals surface area (Å²) in [7, 11) is 2.76. The molecule has 0 N–H and O–H groups in total. The van der Waals surface area contributed by atoms with Gasteiger partial charge in [0.1, 0.15) is 5.76 Å². The zero-order chi connectivity index (χ0) is 21.8. The van der Waals surface area contributed by atoms with E-state index >= 15 is 0 Å². The predicted octanol–water partition coefficient (Wildman–Crippen LogP) is 4.47. The fourth-order valence-electron chi connectivity index (χ4n) is 2.72. The Morgan fingerprint density at radius 1 is 1.27 bits per heavy atom. The van der Waals surface area contributed by atoms with Crippen molar-refractivity contribution in [1.29, 1.82) is 0 Å². The summed E-state index contributed by atoms with van der Waals surface area (Å²) in [5.41, 5.74) is 0.665. The Balaban J connectivity index is 1.82. The molecule has 0 atom stereocenters. The summed E-state index contributed by atoms with van der Waals surface area (Å²) in [5.74, 6) is 0.271. The molecular formula is C20H18BrNO7S. The molecule has 10 heteroatoms. The second kappa shape index (κ2) is 9.40. The summed E-state index contributed by atoms with van der Waals surface area (Å²) < 4.78 is 21.5. The Morgan fingerprint density at radius 2 is 2.03 bits per heavy atom. The number of amides is 2. The van der Waals surface area contributed by atoms with Crippen LogP contribution in [0, 0.1) is 0 Å². The highest BCUT2D eigenvalue weighted by atomic mass is 79.9. The van der Waals surface area contributed by atoms with E-state index in [0.29, 0.717) is 33.9 Å². The third-order valence-corrected chi connectivity index (χ3v) is 5.57. The van der Waals surface area contributed by atoms with E-state index in [1.54, 1.807) is 18.2 Å². The fraction of sp³-hybridized carbons (Fsp3) is 0.250. The minimum absolute atomic E-state index is 0.00125. The van der Waals surface area contributed by atoms with Crippen molar-refractivity contribution in [2.75, 3.05) is 20.8 Å². The molecule has 1 saturated heterocycles. The maximum atomic E-state index is 12.7. The van der Waals surface area contributed by atoms with Crippen molar-refractivity contribution >= 4 is 50.9 Å². The summed E-state index contributed by atoms with van der Waals surface area (Å²) in [6, 6.07) is 6.45. The number of hydrogen-bond donors (Lipinski definition) is 0. The maximum Gasteiger partial charge on any atom is 0.373 e. The molecule has 0 spiro atoms. The van der Waals surface area contributed by atoms with Gasteiger partial charge in [-0.1, -0.05) is 0 Å². The number of nitrogens with zero attached hydrogens (tertiary/aromatic N) is 1. The summed E-state index contributed by atoms with van der Waals surface area (Å²) in [4.78, 5) is 37.9. The van der Waals surface area contributed by atoms with Crippen molar-refractivity contribution in [1.82, 2.24) is 4.90 Å². The molecule has 1 aromatic heterocycles. The van der Waals surface area contributed by atoms with E-state index in [2.05, 4.69) is 20.7 Å². The highest BCUT2D eigenvalue weighted by molar-refractivity contribution is 9.10. The van der Waals surface area contributed by atoms with Crippen LogP contribution in [0.4, 0.5) is 4.79 Å². The van der Waals surface area contributed by atoms with E-state index in [0.717, 1.165) is 16.7 Å². The van der Waals surface area contributed by atoms with E-state index in [1.807, 2.05) is 6.92 Å². The third kappa shape index (κ3) is 4.54. The zero-order valence-corrected chi connectivity index (χ0v) is 18.8. The van der Waals surface area contributed by atoms with Gasteiger partial charge in [0.2, 0.25) is 5.76 Å². The van der Waals surface area contributed by atoms with Crippen LogP contribution in [0.1, 0.15) is 28.8 Å². The summed E-state index contributed by atoms with van der Waals surface area (Å²) in [6.07, 6.45) is 1.61. The zero-order valence-electron chi connectivity index (χ0n) is 16.4. The molecule has 0 aliphatic carbocycles. The Hall–Kier alpha value is -2.72. The molecule has 2 heterocycles. The normalized spacial score (nSPS) is 15.1. The van der Waals surface area contributed by atoms with Gasteiger partial charge in [-0.3, -0.25) is 14.5 Å². The van der Waals surface area contributed by atoms with Crippen LogP contribution in [0.3, 0.4) is 0 Å². The lowest BCUT2D eigenvalue weighted by molar-refractivity contribution is -0.123. The first kappa shape index (κ1) is 22.0. The van der Waals surface area contributed by atoms with Gasteiger partial charge in [-0.05, 0) is 70.5 Å². The summed E-state index contributed by atoms with van der Waals surface area (Å²) >= 11 is 4.26. The average Bonchev–Trinajstić information content (AvgIpc) is 3.30. The van der Waals surface area contributed by atoms with E-state index in [9.17, 15) is 14.4 Å². The van der Waals surface area contributed by atoms with E-state index in [-0.39, 0.29) is 17.2 Å². The molecule has 2 aromatic rings. The lowest BCUT2D eigenvalue weighted by Crippen LogP contribution is -2.27. The van der Waals surface area contributed by atoms with Crippen molar-refractivity contribution in [3.8, 4) is 11.5 Å². The quantitative estimate of drug-likeness (QED) is 0.409. The number of halogens is 1. The van der Waals surface area contributed by atoms with Gasteiger partial charge < -0.3 is 18.6 Å². The maximum absolute atomic E-state index is 12.7. The van der Waals surface area contributed by atoms with Crippen LogP contribution < -0.4 is 9.47 Å². The van der Waals surface area contributed by atoms with Crippen molar-refractivity contribution in [3.05, 3.63) is 50.7 Å². The molecule has 158 valence electrons. The Kier molecular flexibility index (Phi) is 6.88. The van der Waals surface area contributed by atoms with E-state index in [1.165, 1.54) is 26.4 Å². The highest BCUT2D eigenvalue weighted by Gasteiger charge is 2.36. The number of hydrogen-bond acceptors (Lipinski definition) is 8. The largest absolute Gasteiger partial charge is 0.493 e. The van der Waals surface area contributed by atoms with E-state index in [4.69, 9.17) is 13.9 Å². The molecule has 1 aliphatic heterocycles. The lowest BCUT2D eigenvalue weighted by Gasteiger charge is -2.12. The van der Waals surface area contributed by atoms with Gasteiger partial charge in [-0.2, -0.15) is 0 Å². The smallest absolute Gasteiger partial charge is 0.373 e. The van der Waals surface area contributed by atoms with Gasteiger partial charge in [-0.15, -0.1) is 0 Å². The number of furan rings is 1. The molecule has 30 heavy (non-hydrogen) atoms. The van der Waals surface area contributed by atoms with Crippen LogP contribution in [-0.2, 0) is 16.1 Å². The van der Waals surface area contributed by atoms with Crippen molar-refractivity contribution in [2.24, 2.45) is 0 Å². The number of ether oxygens (including phenoxy) is 3. The predicted molar refractivity (Wildman–Crippen MR) is 113 cm³/mol. The molecule has 1 fully saturated rings. The minimum atomic E-state index is -0.634. The van der Waals surface area contributed by atoms with Gasteiger partial charge in [0.15, 0.2) is 11.5 Å². The number of carbonyl (C=O) groups is 3. The molecule has 1 aromatic carbocycles. The molecule has 3 rings (SSSR count). The molecule has 0 bridgehead atoms. The summed E-state index contributed by atoms with van der Waals surface area (Å²) in [6.45, 7) is 2.25. The van der Waals surface area contributed by atoms with Gasteiger partial charge in [-0.25, -0.2) is 4.79 Å². The van der Waals surface area contributed by atoms with Crippen LogP contribution in [0.25, 0.3) is 6.08 Å². The van der Waals surface area contributed by atoms with E-state index < -0.39 is 17.1 Å². The first-order chi connectivity index (χ1) is 14.4. The Morgan fingerprint density at radius 3 is 2.70 bits per heavy atom. The number of imide groups is 1. The van der Waals surface area contributed by atoms with Crippen LogP contribution in [-0.4, -0.2) is 42.8 Å². The van der Waals surface area contributed by atoms with Crippen molar-refractivity contribution in [2.45, 2.75) is 13.5 Å². The number of thioether (sulfide) groups is 1. The topological polar surface area (TPSA) is 95.3 Å². The number of rotatable bonds is 7. The average molecular weight is 496 g/mol. The molecular weight excluding hydrogens is 478 g/mol. The first-order valence-corrected chi connectivity index (χ1v) is 10.4. The highest BCUT2D eigenvalue weighted by Crippen LogP contribution is 2.39. The standard InChI is InChI=1S/C20H18BrNO7S/c1-4-28-17-13(21)7-11(8-15(17)26-2)9-16-18(23)22(20(25)30-16)10-12-5-6-14(29-12)19(24)27-3/h5-9H,4,10H2,1-3H3/b16-9+. The number of methoxy groups -OCH3 is 2. The number of esters is 1. The van der Waals surface area contributed by atoms with Gasteiger partial charge in [0.05, 0.1) is 36.7 Å². The van der Waals surface area contributed by atoms with Crippen LogP contribution in [0.2, 0.25) is 0 Å². The second-order valence-electron chi connectivity index (χ2n) is 5.99. The number of benzene rings is 1. The molecule has 1 aliphatic rings. The van der Waals surface area contributed by atoms with Crippen LogP contribution in [0.15, 0.2) is 38.1 Å². The molecule has 0 radical (unpaired) electrons. The van der Waals surface area contributed by atoms with Gasteiger partial charge in [0, 0.05) is 0 Å². The molecule has 8 nitrogen and oxygen atoms in total. The monoisotopic (exact) mass is 495 g/mol. The fourth-order valence-corrected chi connectivity index (χ4v) is 4.14. The molecule has 0 saturated carbocycles. The molecule has 2 amide bonds. The number of carbonyl (C=O) groups excluding carboxylic acids is 3. The van der Waals surface area contributed by atoms with Crippen LogP contribution in [0.5, 0.6) is 11.5 Å². The minimum Gasteiger partial charge on any atom is -0.493 e. The third-order valence-electron chi connectivity index (χ3n) is 4.07. The Labute approximate surface area is 185 Å². The van der Waals surface area contributed by atoms with Gasteiger partial charge in [0.25, 0.3) is 11.1 Å². The Bertz CT molecular complexity index is 1030. The molecule has 0 unspecified atom stereocenters. The second-order valence-corrected chi connectivity index (χ2v) is 7.84. The lowest BCUT2D eigenvalue weighted by atomic mass is 10.2. The SMILES string of the molecule is CCOc1c(Br)cc(/C=C2/SC(=O)N(Cc3ccc(C(=O)OC)o3)C2=O)cc1OC. The van der Waals surface area contributed by atoms with Crippen molar-refractivity contribution in [3.63, 3.8) is 0 Å². The van der Waals surface area contributed by atoms with Gasteiger partial charge >= 0.3 is 5.97 Å². The summed E-state index contributed by atoms with van der Waals surface area (Å²) in [5, 5.41) is -0.431. The first-order valence-electron chi connectivity index (χ1n) is 8.80. The van der Waals surface area contributed by atoms with Crippen molar-refractivity contribution < 1.29 is 33.0 Å².